The third-order valence-electron chi connectivity index (χ3n) is 2.12. The molecule has 1 aromatic heterocycles. The average molecular weight is 220 g/mol. The molecule has 0 fully saturated rings. The zero-order chi connectivity index (χ0) is 12.6. The lowest BCUT2D eigenvalue weighted by atomic mass is 10.2. The lowest BCUT2D eigenvalue weighted by Gasteiger charge is -1.97. The maximum Gasteiger partial charge on any atom is 0.0958 e. The molecule has 0 aliphatic carbocycles. The Morgan fingerprint density at radius 1 is 1.12 bits per heavy atom. The Kier molecular flexibility index (Phi) is 7.27. The highest BCUT2D eigenvalue weighted by Crippen LogP contribution is 2.13. The van der Waals surface area contributed by atoms with Crippen molar-refractivity contribution in [1.82, 2.24) is 9.55 Å². The van der Waals surface area contributed by atoms with E-state index in [0.717, 1.165) is 12.1 Å². The van der Waals surface area contributed by atoms with Gasteiger partial charge in [-0.3, -0.25) is 0 Å². The highest BCUT2D eigenvalue weighted by Gasteiger charge is 1.99. The van der Waals surface area contributed by atoms with Gasteiger partial charge in [0.15, 0.2) is 0 Å². The molecule has 0 saturated heterocycles. The van der Waals surface area contributed by atoms with Gasteiger partial charge in [-0.2, -0.15) is 0 Å². The van der Waals surface area contributed by atoms with Crippen LogP contribution in [0.2, 0.25) is 0 Å². The van der Waals surface area contributed by atoms with Crippen molar-refractivity contribution in [2.45, 2.75) is 48.1 Å². The summed E-state index contributed by atoms with van der Waals surface area (Å²) >= 11 is 0. The van der Waals surface area contributed by atoms with Crippen LogP contribution in [0.25, 0.3) is 11.0 Å². The molecule has 0 aliphatic rings. The highest BCUT2D eigenvalue weighted by atomic mass is 15.0. The predicted molar refractivity (Wildman–Crippen MR) is 72.8 cm³/mol. The van der Waals surface area contributed by atoms with E-state index < -0.39 is 0 Å². The maximum absolute atomic E-state index is 4.31. The van der Waals surface area contributed by atoms with Crippen LogP contribution in [0.15, 0.2) is 24.5 Å². The summed E-state index contributed by atoms with van der Waals surface area (Å²) in [5, 5.41) is 0. The zero-order valence-electron chi connectivity index (χ0n) is 11.4. The second kappa shape index (κ2) is 7.91. The third-order valence-corrected chi connectivity index (χ3v) is 2.12. The number of rotatable bonds is 1. The van der Waals surface area contributed by atoms with Crippen molar-refractivity contribution in [3.8, 4) is 0 Å². The van der Waals surface area contributed by atoms with E-state index in [0.29, 0.717) is 0 Å². The van der Waals surface area contributed by atoms with E-state index in [9.17, 15) is 0 Å². The van der Waals surface area contributed by atoms with Gasteiger partial charge in [0, 0.05) is 6.54 Å². The number of benzene rings is 1. The summed E-state index contributed by atoms with van der Waals surface area (Å²) in [7, 11) is 0. The second-order valence-corrected chi connectivity index (χ2v) is 3.02. The molecular weight excluding hydrogens is 196 g/mol. The van der Waals surface area contributed by atoms with Gasteiger partial charge >= 0.3 is 0 Å². The van der Waals surface area contributed by atoms with Crippen LogP contribution in [0.1, 0.15) is 40.2 Å². The van der Waals surface area contributed by atoms with Crippen molar-refractivity contribution in [2.24, 2.45) is 0 Å². The highest BCUT2D eigenvalue weighted by molar-refractivity contribution is 5.75. The molecule has 0 N–H and O–H groups in total. The summed E-state index contributed by atoms with van der Waals surface area (Å²) < 4.78 is 2.15. The third kappa shape index (κ3) is 3.37. The van der Waals surface area contributed by atoms with Gasteiger partial charge in [0.1, 0.15) is 0 Å². The van der Waals surface area contributed by atoms with E-state index >= 15 is 0 Å². The molecule has 2 rings (SSSR count). The summed E-state index contributed by atoms with van der Waals surface area (Å²) in [5.74, 6) is 0. The van der Waals surface area contributed by atoms with Crippen molar-refractivity contribution in [3.63, 3.8) is 0 Å². The molecule has 1 aromatic carbocycles. The number of hydrogen-bond acceptors (Lipinski definition) is 1. The van der Waals surface area contributed by atoms with Gasteiger partial charge in [-0.15, -0.1) is 0 Å². The standard InChI is InChI=1S/C10H12N2.2C2H6/c1-3-12-7-11-9-6-8(2)4-5-10(9)12;2*1-2/h4-7H,3H2,1-2H3;2*1-2H3. The molecule has 2 nitrogen and oxygen atoms in total. The molecule has 2 heteroatoms. The van der Waals surface area contributed by atoms with Crippen LogP contribution in [0.5, 0.6) is 0 Å². The van der Waals surface area contributed by atoms with E-state index in [1.165, 1.54) is 11.1 Å². The van der Waals surface area contributed by atoms with Gasteiger partial charge in [-0.05, 0) is 31.5 Å². The monoisotopic (exact) mass is 220 g/mol. The maximum atomic E-state index is 4.31. The van der Waals surface area contributed by atoms with Crippen LogP contribution in [-0.2, 0) is 6.54 Å². The molecule has 0 radical (unpaired) electrons. The SMILES string of the molecule is CC.CC.CCn1cnc2cc(C)ccc21. The lowest BCUT2D eigenvalue weighted by Crippen LogP contribution is -1.89. The Morgan fingerprint density at radius 2 is 1.75 bits per heavy atom. The zero-order valence-corrected chi connectivity index (χ0v) is 11.4. The van der Waals surface area contributed by atoms with Crippen molar-refractivity contribution in [2.75, 3.05) is 0 Å². The Balaban J connectivity index is 0.000000509. The number of aryl methyl sites for hydroxylation is 2. The molecule has 0 aliphatic heterocycles. The molecule has 0 atom stereocenters. The number of nitrogens with zero attached hydrogens (tertiary/aromatic N) is 2. The van der Waals surface area contributed by atoms with E-state index in [-0.39, 0.29) is 0 Å². The Bertz CT molecular complexity index is 402. The van der Waals surface area contributed by atoms with Crippen LogP contribution in [0, 0.1) is 6.92 Å². The fraction of sp³-hybridized carbons (Fsp3) is 0.500. The molecule has 0 amide bonds. The summed E-state index contributed by atoms with van der Waals surface area (Å²) in [4.78, 5) is 4.31. The first-order valence-corrected chi connectivity index (χ1v) is 6.22. The van der Waals surface area contributed by atoms with E-state index in [2.05, 4.69) is 41.6 Å². The minimum absolute atomic E-state index is 0.986. The van der Waals surface area contributed by atoms with Crippen molar-refractivity contribution in [3.05, 3.63) is 30.1 Å². The van der Waals surface area contributed by atoms with Gasteiger partial charge in [0.2, 0.25) is 0 Å². The van der Waals surface area contributed by atoms with Crippen molar-refractivity contribution >= 4 is 11.0 Å². The summed E-state index contributed by atoms with van der Waals surface area (Å²) in [6.45, 7) is 13.2. The normalized spacial score (nSPS) is 8.88. The molecule has 1 heterocycles. The summed E-state index contributed by atoms with van der Waals surface area (Å²) in [6.07, 6.45) is 1.89. The minimum atomic E-state index is 0.986. The summed E-state index contributed by atoms with van der Waals surface area (Å²) in [5.41, 5.74) is 3.59. The van der Waals surface area contributed by atoms with Crippen LogP contribution < -0.4 is 0 Å². The topological polar surface area (TPSA) is 17.8 Å². The van der Waals surface area contributed by atoms with Gasteiger partial charge in [-0.25, -0.2) is 4.98 Å². The largest absolute Gasteiger partial charge is 0.331 e. The second-order valence-electron chi connectivity index (χ2n) is 3.02. The molecule has 0 spiro atoms. The minimum Gasteiger partial charge on any atom is -0.331 e. The van der Waals surface area contributed by atoms with Crippen LogP contribution in [0.4, 0.5) is 0 Å². The van der Waals surface area contributed by atoms with Gasteiger partial charge in [0.05, 0.1) is 17.4 Å². The molecular formula is C14H24N2. The molecule has 0 bridgehead atoms. The lowest BCUT2D eigenvalue weighted by molar-refractivity contribution is 0.787. The quantitative estimate of drug-likeness (QED) is 0.695. The Labute approximate surface area is 99.3 Å². The number of hydrogen-bond donors (Lipinski definition) is 0. The molecule has 0 unspecified atom stereocenters. The fourth-order valence-corrected chi connectivity index (χ4v) is 1.43. The fourth-order valence-electron chi connectivity index (χ4n) is 1.43. The predicted octanol–water partition coefficient (Wildman–Crippen LogP) is 4.42. The van der Waals surface area contributed by atoms with E-state index in [1.807, 2.05) is 34.0 Å². The first-order chi connectivity index (χ1) is 7.81. The van der Waals surface area contributed by atoms with Crippen LogP contribution in [-0.4, -0.2) is 9.55 Å². The van der Waals surface area contributed by atoms with Crippen LogP contribution >= 0.6 is 0 Å². The number of aromatic nitrogens is 2. The first kappa shape index (κ1) is 14.7. The van der Waals surface area contributed by atoms with Crippen LogP contribution in [0.3, 0.4) is 0 Å². The number of fused-ring (bicyclic) bond motifs is 1. The molecule has 0 saturated carbocycles. The van der Waals surface area contributed by atoms with Gasteiger partial charge in [0.25, 0.3) is 0 Å². The van der Waals surface area contributed by atoms with E-state index in [4.69, 9.17) is 0 Å². The van der Waals surface area contributed by atoms with E-state index in [1.54, 1.807) is 0 Å². The molecule has 90 valence electrons. The smallest absolute Gasteiger partial charge is 0.0958 e. The van der Waals surface area contributed by atoms with Crippen molar-refractivity contribution in [1.29, 1.82) is 0 Å². The molecule has 2 aromatic rings. The summed E-state index contributed by atoms with van der Waals surface area (Å²) in [6, 6.07) is 6.36. The number of imidazole rings is 1. The first-order valence-electron chi connectivity index (χ1n) is 6.22. The molecule has 16 heavy (non-hydrogen) atoms. The van der Waals surface area contributed by atoms with Gasteiger partial charge in [-0.1, -0.05) is 33.8 Å². The van der Waals surface area contributed by atoms with Crippen molar-refractivity contribution < 1.29 is 0 Å². The Hall–Kier alpha value is -1.31. The average Bonchev–Trinajstić information content (AvgIpc) is 2.76. The Morgan fingerprint density at radius 3 is 2.31 bits per heavy atom. The van der Waals surface area contributed by atoms with Gasteiger partial charge < -0.3 is 4.57 Å².